The molecule has 0 aliphatic rings. The van der Waals surface area contributed by atoms with E-state index in [4.69, 9.17) is 0 Å². The normalized spacial score (nSPS) is 8.63. The Morgan fingerprint density at radius 3 is 1.16 bits per heavy atom. The van der Waals surface area contributed by atoms with Crippen LogP contribution in [-0.2, 0) is 0 Å². The van der Waals surface area contributed by atoms with Gasteiger partial charge < -0.3 is 0 Å². The Bertz CT molecular complexity index is 539. The summed E-state index contributed by atoms with van der Waals surface area (Å²) in [5.74, 6) is 0. The van der Waals surface area contributed by atoms with Gasteiger partial charge in [-0.2, -0.15) is 0 Å². The molecule has 0 fully saturated rings. The maximum atomic E-state index is 2.18. The summed E-state index contributed by atoms with van der Waals surface area (Å²) < 4.78 is 0. The minimum absolute atomic E-state index is 0. The first-order valence-electron chi connectivity index (χ1n) is 6.82. The van der Waals surface area contributed by atoms with Crippen molar-refractivity contribution in [1.29, 1.82) is 0 Å². The minimum atomic E-state index is 0. The third-order valence-electron chi connectivity index (χ3n) is 2.65. The monoisotopic (exact) mass is 254 g/mol. The molecule has 0 aliphatic heterocycles. The molecule has 0 saturated heterocycles. The predicted molar refractivity (Wildman–Crippen MR) is 90.9 cm³/mol. The maximum absolute atomic E-state index is 2.18. The molecule has 0 amide bonds. The van der Waals surface area contributed by atoms with E-state index >= 15 is 0 Å². The van der Waals surface area contributed by atoms with E-state index in [1.54, 1.807) is 0 Å². The molecular weight excluding hydrogens is 228 g/mol. The average Bonchev–Trinajstić information content (AvgIpc) is 2.51. The molecule has 0 saturated carbocycles. The highest BCUT2D eigenvalue weighted by Gasteiger charge is 1.97. The fraction of sp³-hybridized carbons (Fsp3) is 0.263. The SMILES string of the molecule is C.CC.CC.c1ccc2c(c1)ccc1ccccc12. The highest BCUT2D eigenvalue weighted by atomic mass is 14.0. The van der Waals surface area contributed by atoms with Crippen molar-refractivity contribution in [3.63, 3.8) is 0 Å². The number of rotatable bonds is 0. The summed E-state index contributed by atoms with van der Waals surface area (Å²) in [6.07, 6.45) is 0. The lowest BCUT2D eigenvalue weighted by atomic mass is 10.0. The van der Waals surface area contributed by atoms with Crippen LogP contribution in [0.3, 0.4) is 0 Å². The molecule has 3 aromatic carbocycles. The lowest BCUT2D eigenvalue weighted by Gasteiger charge is -2.02. The van der Waals surface area contributed by atoms with Gasteiger partial charge in [-0.25, -0.2) is 0 Å². The summed E-state index contributed by atoms with van der Waals surface area (Å²) in [5.41, 5.74) is 0. The van der Waals surface area contributed by atoms with Crippen LogP contribution in [0.4, 0.5) is 0 Å². The summed E-state index contributed by atoms with van der Waals surface area (Å²) in [6.45, 7) is 8.00. The zero-order chi connectivity index (χ0) is 13.4. The first-order chi connectivity index (χ1) is 8.95. The van der Waals surface area contributed by atoms with Gasteiger partial charge in [-0.05, 0) is 21.5 Å². The van der Waals surface area contributed by atoms with Gasteiger partial charge in [0.15, 0.2) is 0 Å². The highest BCUT2D eigenvalue weighted by Crippen LogP contribution is 2.24. The van der Waals surface area contributed by atoms with Gasteiger partial charge in [-0.1, -0.05) is 95.8 Å². The summed E-state index contributed by atoms with van der Waals surface area (Å²) in [4.78, 5) is 0. The van der Waals surface area contributed by atoms with Crippen molar-refractivity contribution in [3.8, 4) is 0 Å². The van der Waals surface area contributed by atoms with Crippen molar-refractivity contribution in [2.75, 3.05) is 0 Å². The summed E-state index contributed by atoms with van der Waals surface area (Å²) in [6, 6.07) is 21.4. The van der Waals surface area contributed by atoms with E-state index in [1.807, 2.05) is 27.7 Å². The Hall–Kier alpha value is -1.82. The minimum Gasteiger partial charge on any atom is -0.0776 e. The Kier molecular flexibility index (Phi) is 8.28. The van der Waals surface area contributed by atoms with E-state index in [-0.39, 0.29) is 7.43 Å². The lowest BCUT2D eigenvalue weighted by Crippen LogP contribution is -1.75. The maximum Gasteiger partial charge on any atom is -0.0105 e. The molecule has 0 aromatic heterocycles. The second-order valence-corrected chi connectivity index (χ2v) is 3.51. The van der Waals surface area contributed by atoms with Gasteiger partial charge in [0.25, 0.3) is 0 Å². The number of fused-ring (bicyclic) bond motifs is 3. The Morgan fingerprint density at radius 1 is 0.474 bits per heavy atom. The van der Waals surface area contributed by atoms with Crippen LogP contribution < -0.4 is 0 Å². The van der Waals surface area contributed by atoms with Gasteiger partial charge in [0.05, 0.1) is 0 Å². The summed E-state index contributed by atoms with van der Waals surface area (Å²) in [7, 11) is 0. The lowest BCUT2D eigenvalue weighted by molar-refractivity contribution is 1.50. The molecule has 0 aliphatic carbocycles. The third kappa shape index (κ3) is 3.82. The topological polar surface area (TPSA) is 0 Å². The van der Waals surface area contributed by atoms with E-state index in [2.05, 4.69) is 60.7 Å². The van der Waals surface area contributed by atoms with Crippen molar-refractivity contribution in [2.45, 2.75) is 35.1 Å². The van der Waals surface area contributed by atoms with Gasteiger partial charge in [0.1, 0.15) is 0 Å². The molecule has 3 aromatic rings. The van der Waals surface area contributed by atoms with Crippen LogP contribution in [0.15, 0.2) is 60.7 Å². The van der Waals surface area contributed by atoms with Crippen LogP contribution in [0.2, 0.25) is 0 Å². The van der Waals surface area contributed by atoms with E-state index in [1.165, 1.54) is 21.5 Å². The van der Waals surface area contributed by atoms with Crippen LogP contribution in [0.1, 0.15) is 35.1 Å². The van der Waals surface area contributed by atoms with Crippen molar-refractivity contribution in [2.24, 2.45) is 0 Å². The van der Waals surface area contributed by atoms with Gasteiger partial charge in [-0.15, -0.1) is 0 Å². The fourth-order valence-electron chi connectivity index (χ4n) is 1.95. The predicted octanol–water partition coefficient (Wildman–Crippen LogP) is 6.68. The zero-order valence-corrected chi connectivity index (χ0v) is 11.8. The Labute approximate surface area is 118 Å². The first kappa shape index (κ1) is 17.2. The molecular formula is C19H26. The van der Waals surface area contributed by atoms with Gasteiger partial charge in [0, 0.05) is 0 Å². The van der Waals surface area contributed by atoms with Crippen LogP contribution in [0.25, 0.3) is 21.5 Å². The van der Waals surface area contributed by atoms with Gasteiger partial charge in [0.2, 0.25) is 0 Å². The Balaban J connectivity index is 0.000000597. The van der Waals surface area contributed by atoms with Gasteiger partial charge in [-0.3, -0.25) is 0 Å². The molecule has 102 valence electrons. The summed E-state index contributed by atoms with van der Waals surface area (Å²) in [5, 5.41) is 5.30. The van der Waals surface area contributed by atoms with E-state index in [0.717, 1.165) is 0 Å². The smallest absolute Gasteiger partial charge is 0.0105 e. The van der Waals surface area contributed by atoms with Crippen molar-refractivity contribution in [3.05, 3.63) is 60.7 Å². The first-order valence-corrected chi connectivity index (χ1v) is 6.82. The molecule has 0 heteroatoms. The number of hydrogen-bond donors (Lipinski definition) is 0. The third-order valence-corrected chi connectivity index (χ3v) is 2.65. The van der Waals surface area contributed by atoms with Crippen LogP contribution in [0.5, 0.6) is 0 Å². The van der Waals surface area contributed by atoms with Crippen molar-refractivity contribution >= 4 is 21.5 Å². The van der Waals surface area contributed by atoms with E-state index < -0.39 is 0 Å². The molecule has 3 rings (SSSR count). The second kappa shape index (κ2) is 9.16. The Morgan fingerprint density at radius 2 is 0.789 bits per heavy atom. The molecule has 0 unspecified atom stereocenters. The molecule has 0 radical (unpaired) electrons. The van der Waals surface area contributed by atoms with E-state index in [9.17, 15) is 0 Å². The quantitative estimate of drug-likeness (QED) is 0.392. The zero-order valence-electron chi connectivity index (χ0n) is 11.8. The standard InChI is InChI=1S/C14H10.2C2H6.CH4/c1-3-7-13-11(5-1)9-10-12-6-2-4-8-14(12)13;2*1-2;/h1-10H;2*1-2H3;1H4. The molecule has 0 spiro atoms. The molecule has 0 atom stereocenters. The van der Waals surface area contributed by atoms with Crippen molar-refractivity contribution < 1.29 is 0 Å². The largest absolute Gasteiger partial charge is 0.0776 e. The fourth-order valence-corrected chi connectivity index (χ4v) is 1.95. The summed E-state index contributed by atoms with van der Waals surface area (Å²) >= 11 is 0. The second-order valence-electron chi connectivity index (χ2n) is 3.51. The molecule has 0 heterocycles. The average molecular weight is 254 g/mol. The molecule has 0 bridgehead atoms. The molecule has 0 nitrogen and oxygen atoms in total. The number of benzene rings is 3. The van der Waals surface area contributed by atoms with E-state index in [0.29, 0.717) is 0 Å². The molecule has 19 heavy (non-hydrogen) atoms. The number of hydrogen-bond acceptors (Lipinski definition) is 0. The van der Waals surface area contributed by atoms with Gasteiger partial charge >= 0.3 is 0 Å². The van der Waals surface area contributed by atoms with Crippen LogP contribution >= 0.6 is 0 Å². The molecule has 0 N–H and O–H groups in total. The van der Waals surface area contributed by atoms with Crippen molar-refractivity contribution in [1.82, 2.24) is 0 Å². The van der Waals surface area contributed by atoms with Crippen LogP contribution in [0, 0.1) is 0 Å². The van der Waals surface area contributed by atoms with Crippen LogP contribution in [-0.4, -0.2) is 0 Å². The highest BCUT2D eigenvalue weighted by molar-refractivity contribution is 6.07.